The van der Waals surface area contributed by atoms with Crippen LogP contribution in [0, 0.1) is 5.41 Å². The summed E-state index contributed by atoms with van der Waals surface area (Å²) < 4.78 is 53.9. The lowest BCUT2D eigenvalue weighted by Gasteiger charge is -2.40. The highest BCUT2D eigenvalue weighted by atomic mass is 19.4. The van der Waals surface area contributed by atoms with Gasteiger partial charge >= 0.3 is 6.18 Å². The number of carbonyl (C=O) groups excluding carboxylic acids is 1. The number of halogens is 3. The molecule has 1 N–H and O–H groups in total. The van der Waals surface area contributed by atoms with Crippen LogP contribution < -0.4 is 5.32 Å². The molecule has 1 saturated carbocycles. The summed E-state index contributed by atoms with van der Waals surface area (Å²) in [6.07, 6.45) is 1.55. The van der Waals surface area contributed by atoms with Gasteiger partial charge in [0.15, 0.2) is 6.29 Å². The zero-order chi connectivity index (χ0) is 22.5. The average molecular weight is 447 g/mol. The Hall–Kier alpha value is -1.61. The Labute approximate surface area is 181 Å². The fourth-order valence-electron chi connectivity index (χ4n) is 4.04. The van der Waals surface area contributed by atoms with Crippen molar-refractivity contribution >= 4 is 11.8 Å². The van der Waals surface area contributed by atoms with Crippen molar-refractivity contribution in [1.82, 2.24) is 5.16 Å². The minimum absolute atomic E-state index is 0.0138. The van der Waals surface area contributed by atoms with Crippen LogP contribution in [0.25, 0.3) is 0 Å². The number of nitrogens with one attached hydrogen (secondary N) is 1. The molecule has 1 atom stereocenters. The van der Waals surface area contributed by atoms with E-state index < -0.39 is 18.0 Å². The van der Waals surface area contributed by atoms with Gasteiger partial charge in [0.25, 0.3) is 0 Å². The maximum atomic E-state index is 12.6. The standard InChI is InChI=1S/C22H33F3N2O4/c1-20(2,9-4-5-12-22(23,24)25)19(28)26-17-14-16(27-31-17)21(10-7-11-21)15-30-18-8-3-6-13-29-18/h14,18H,3-13,15H2,1-2H3,(H,26,28). The van der Waals surface area contributed by atoms with E-state index in [1.54, 1.807) is 19.9 Å². The maximum Gasteiger partial charge on any atom is 0.389 e. The fraction of sp³-hybridized carbons (Fsp3) is 0.818. The number of amides is 1. The van der Waals surface area contributed by atoms with Crippen LogP contribution >= 0.6 is 0 Å². The van der Waals surface area contributed by atoms with E-state index in [1.807, 2.05) is 0 Å². The second kappa shape index (κ2) is 9.90. The number of nitrogens with zero attached hydrogens (tertiary/aromatic N) is 1. The van der Waals surface area contributed by atoms with Gasteiger partial charge in [0.05, 0.1) is 12.3 Å². The smallest absolute Gasteiger partial charge is 0.353 e. The van der Waals surface area contributed by atoms with Crippen molar-refractivity contribution in [1.29, 1.82) is 0 Å². The van der Waals surface area contributed by atoms with Crippen LogP contribution in [0.4, 0.5) is 19.1 Å². The Balaban J connectivity index is 1.51. The highest BCUT2D eigenvalue weighted by Gasteiger charge is 2.43. The molecular formula is C22H33F3N2O4. The lowest BCUT2D eigenvalue weighted by Crippen LogP contribution is -2.41. The van der Waals surface area contributed by atoms with Gasteiger partial charge in [-0.25, -0.2) is 0 Å². The molecule has 1 amide bonds. The second-order valence-corrected chi connectivity index (χ2v) is 9.48. The summed E-state index contributed by atoms with van der Waals surface area (Å²) >= 11 is 0. The van der Waals surface area contributed by atoms with E-state index in [2.05, 4.69) is 10.5 Å². The van der Waals surface area contributed by atoms with Gasteiger partial charge < -0.3 is 14.0 Å². The Bertz CT molecular complexity index is 723. The minimum Gasteiger partial charge on any atom is -0.353 e. The zero-order valence-electron chi connectivity index (χ0n) is 18.4. The molecule has 2 fully saturated rings. The fourth-order valence-corrected chi connectivity index (χ4v) is 4.04. The molecule has 9 heteroatoms. The van der Waals surface area contributed by atoms with E-state index in [9.17, 15) is 18.0 Å². The van der Waals surface area contributed by atoms with E-state index in [-0.39, 0.29) is 29.9 Å². The Morgan fingerprint density at radius 1 is 1.23 bits per heavy atom. The Morgan fingerprint density at radius 3 is 2.58 bits per heavy atom. The van der Waals surface area contributed by atoms with Gasteiger partial charge in [0, 0.05) is 29.9 Å². The number of unbranched alkanes of at least 4 members (excludes halogenated alkanes) is 1. The summed E-state index contributed by atoms with van der Waals surface area (Å²) in [5.74, 6) is -0.0414. The van der Waals surface area contributed by atoms with Crippen LogP contribution in [0.1, 0.15) is 83.7 Å². The number of hydrogen-bond donors (Lipinski definition) is 1. The predicted molar refractivity (Wildman–Crippen MR) is 109 cm³/mol. The summed E-state index contributed by atoms with van der Waals surface area (Å²) in [7, 11) is 0. The van der Waals surface area contributed by atoms with E-state index in [1.165, 1.54) is 0 Å². The largest absolute Gasteiger partial charge is 0.389 e. The van der Waals surface area contributed by atoms with E-state index in [4.69, 9.17) is 14.0 Å². The molecule has 0 spiro atoms. The van der Waals surface area contributed by atoms with Crippen molar-refractivity contribution in [3.63, 3.8) is 0 Å². The Kier molecular flexibility index (Phi) is 7.68. The molecule has 0 aromatic carbocycles. The first-order chi connectivity index (χ1) is 14.6. The number of carbonyl (C=O) groups is 1. The molecule has 1 aliphatic carbocycles. The van der Waals surface area contributed by atoms with Crippen molar-refractivity contribution in [3.05, 3.63) is 11.8 Å². The first kappa shape index (κ1) is 24.0. The normalized spacial score (nSPS) is 21.5. The third kappa shape index (κ3) is 6.68. The SMILES string of the molecule is CC(C)(CCCCC(F)(F)F)C(=O)Nc1cc(C2(COC3CCCCO3)CCC2)no1. The molecule has 1 saturated heterocycles. The monoisotopic (exact) mass is 446 g/mol. The number of alkyl halides is 3. The molecule has 0 radical (unpaired) electrons. The lowest BCUT2D eigenvalue weighted by molar-refractivity contribution is -0.177. The molecule has 1 aromatic rings. The molecule has 1 aromatic heterocycles. The topological polar surface area (TPSA) is 73.6 Å². The van der Waals surface area contributed by atoms with Gasteiger partial charge in [-0.1, -0.05) is 31.8 Å². The molecule has 6 nitrogen and oxygen atoms in total. The molecule has 176 valence electrons. The summed E-state index contributed by atoms with van der Waals surface area (Å²) in [5.41, 5.74) is -0.276. The molecule has 0 bridgehead atoms. The maximum absolute atomic E-state index is 12.6. The predicted octanol–water partition coefficient (Wildman–Crippen LogP) is 5.73. The lowest BCUT2D eigenvalue weighted by atomic mass is 9.67. The molecule has 1 unspecified atom stereocenters. The summed E-state index contributed by atoms with van der Waals surface area (Å²) in [4.78, 5) is 12.6. The zero-order valence-corrected chi connectivity index (χ0v) is 18.4. The van der Waals surface area contributed by atoms with Gasteiger partial charge in [-0.15, -0.1) is 0 Å². The number of ether oxygens (including phenoxy) is 2. The van der Waals surface area contributed by atoms with Crippen LogP contribution in [0.3, 0.4) is 0 Å². The van der Waals surface area contributed by atoms with E-state index in [0.29, 0.717) is 19.4 Å². The Morgan fingerprint density at radius 2 is 1.97 bits per heavy atom. The van der Waals surface area contributed by atoms with E-state index in [0.717, 1.165) is 50.8 Å². The van der Waals surface area contributed by atoms with Gasteiger partial charge in [-0.2, -0.15) is 13.2 Å². The third-order valence-corrected chi connectivity index (χ3v) is 6.41. The van der Waals surface area contributed by atoms with Crippen molar-refractivity contribution in [2.24, 2.45) is 5.41 Å². The average Bonchev–Trinajstić information content (AvgIpc) is 3.13. The molecule has 2 aliphatic rings. The quantitative estimate of drug-likeness (QED) is 0.465. The summed E-state index contributed by atoms with van der Waals surface area (Å²) in [6, 6.07) is 1.74. The van der Waals surface area contributed by atoms with Crippen molar-refractivity contribution < 1.29 is 32.0 Å². The molecule has 31 heavy (non-hydrogen) atoms. The molecular weight excluding hydrogens is 413 g/mol. The number of anilines is 1. The van der Waals surface area contributed by atoms with Crippen molar-refractivity contribution in [2.75, 3.05) is 18.5 Å². The van der Waals surface area contributed by atoms with Crippen molar-refractivity contribution in [3.8, 4) is 0 Å². The summed E-state index contributed by atoms with van der Waals surface area (Å²) in [6.45, 7) is 4.67. The number of aromatic nitrogens is 1. The molecule has 2 heterocycles. The number of rotatable bonds is 10. The van der Waals surface area contributed by atoms with E-state index >= 15 is 0 Å². The van der Waals surface area contributed by atoms with Crippen LogP contribution in [0.15, 0.2) is 10.6 Å². The highest BCUT2D eigenvalue weighted by Crippen LogP contribution is 2.44. The third-order valence-electron chi connectivity index (χ3n) is 6.41. The minimum atomic E-state index is -4.16. The van der Waals surface area contributed by atoms with Gasteiger partial charge in [0.1, 0.15) is 0 Å². The van der Waals surface area contributed by atoms with Gasteiger partial charge in [-0.3, -0.25) is 10.1 Å². The van der Waals surface area contributed by atoms with Crippen LogP contribution in [-0.2, 0) is 19.7 Å². The van der Waals surface area contributed by atoms with Crippen LogP contribution in [0.5, 0.6) is 0 Å². The number of hydrogen-bond acceptors (Lipinski definition) is 5. The highest BCUT2D eigenvalue weighted by molar-refractivity contribution is 5.93. The van der Waals surface area contributed by atoms with Gasteiger partial charge in [0.2, 0.25) is 11.8 Å². The van der Waals surface area contributed by atoms with Crippen LogP contribution in [0.2, 0.25) is 0 Å². The first-order valence-electron chi connectivity index (χ1n) is 11.2. The summed E-state index contributed by atoms with van der Waals surface area (Å²) in [5, 5.41) is 6.91. The van der Waals surface area contributed by atoms with Crippen LogP contribution in [-0.4, -0.2) is 36.7 Å². The van der Waals surface area contributed by atoms with Crippen molar-refractivity contribution in [2.45, 2.75) is 95.9 Å². The van der Waals surface area contributed by atoms with Gasteiger partial charge in [-0.05, 0) is 44.9 Å². The second-order valence-electron chi connectivity index (χ2n) is 9.48. The molecule has 3 rings (SSSR count). The first-order valence-corrected chi connectivity index (χ1v) is 11.2. The molecule has 1 aliphatic heterocycles.